The average molecular weight is 399 g/mol. The second-order valence-electron chi connectivity index (χ2n) is 7.45. The van der Waals surface area contributed by atoms with Crippen LogP contribution in [0, 0.1) is 0 Å². The summed E-state index contributed by atoms with van der Waals surface area (Å²) in [6.07, 6.45) is 2.12. The Kier molecular flexibility index (Phi) is 6.20. The van der Waals surface area contributed by atoms with E-state index in [-0.39, 0.29) is 17.9 Å². The fourth-order valence-electron chi connectivity index (χ4n) is 3.95. The number of nitrogens with one attached hydrogen (secondary N) is 2. The molecule has 1 fully saturated rings. The minimum absolute atomic E-state index is 0.113. The Morgan fingerprint density at radius 3 is 2.27 bits per heavy atom. The van der Waals surface area contributed by atoms with E-state index in [1.807, 2.05) is 54.6 Å². The molecule has 1 aliphatic heterocycles. The normalized spacial score (nSPS) is 16.2. The Balaban J connectivity index is 1.43. The van der Waals surface area contributed by atoms with Crippen LogP contribution in [-0.2, 0) is 4.79 Å². The van der Waals surface area contributed by atoms with E-state index >= 15 is 0 Å². The van der Waals surface area contributed by atoms with E-state index in [9.17, 15) is 9.59 Å². The molecule has 0 bridgehead atoms. The van der Waals surface area contributed by atoms with Gasteiger partial charge in [-0.2, -0.15) is 0 Å². The highest BCUT2D eigenvalue weighted by molar-refractivity contribution is 6.10. The Bertz CT molecular complexity index is 1010. The summed E-state index contributed by atoms with van der Waals surface area (Å²) < 4.78 is 0. The van der Waals surface area contributed by atoms with Crippen molar-refractivity contribution in [3.8, 4) is 0 Å². The van der Waals surface area contributed by atoms with Crippen molar-refractivity contribution in [1.82, 2.24) is 4.90 Å². The lowest BCUT2D eigenvalue weighted by molar-refractivity contribution is -0.117. The van der Waals surface area contributed by atoms with Gasteiger partial charge in [0.05, 0.1) is 17.8 Å². The van der Waals surface area contributed by atoms with Gasteiger partial charge in [-0.3, -0.25) is 14.5 Å². The number of hydrogen-bond acceptors (Lipinski definition) is 3. The molecule has 1 aliphatic rings. The van der Waals surface area contributed by atoms with Crippen molar-refractivity contribution >= 4 is 23.2 Å². The molecule has 30 heavy (non-hydrogen) atoms. The van der Waals surface area contributed by atoms with Crippen molar-refractivity contribution in [2.75, 3.05) is 23.7 Å². The van der Waals surface area contributed by atoms with Gasteiger partial charge in [0.15, 0.2) is 0 Å². The molecular weight excluding hydrogens is 374 g/mol. The molecule has 4 rings (SSSR count). The monoisotopic (exact) mass is 399 g/mol. The molecule has 1 atom stereocenters. The van der Waals surface area contributed by atoms with Crippen LogP contribution in [0.25, 0.3) is 0 Å². The van der Waals surface area contributed by atoms with Crippen LogP contribution < -0.4 is 10.6 Å². The maximum absolute atomic E-state index is 12.8. The zero-order valence-electron chi connectivity index (χ0n) is 16.8. The molecule has 3 aromatic carbocycles. The van der Waals surface area contributed by atoms with Crippen LogP contribution in [0.15, 0.2) is 84.9 Å². The Hall–Kier alpha value is -3.44. The molecule has 1 heterocycles. The number of hydrogen-bond donors (Lipinski definition) is 2. The fourth-order valence-corrected chi connectivity index (χ4v) is 3.95. The van der Waals surface area contributed by atoms with E-state index in [0.717, 1.165) is 19.4 Å². The van der Waals surface area contributed by atoms with E-state index in [1.165, 1.54) is 5.56 Å². The number of likely N-dealkylation sites (tertiary alicyclic amines) is 1. The van der Waals surface area contributed by atoms with Crippen LogP contribution in [0.5, 0.6) is 0 Å². The van der Waals surface area contributed by atoms with Gasteiger partial charge in [-0.05, 0) is 49.2 Å². The first-order chi connectivity index (χ1) is 14.7. The quantitative estimate of drug-likeness (QED) is 0.631. The number of rotatable bonds is 6. The smallest absolute Gasteiger partial charge is 0.257 e. The Labute approximate surface area is 176 Å². The third-order valence-corrected chi connectivity index (χ3v) is 5.37. The molecule has 0 aliphatic carbocycles. The highest BCUT2D eigenvalue weighted by Crippen LogP contribution is 2.31. The third kappa shape index (κ3) is 4.75. The summed E-state index contributed by atoms with van der Waals surface area (Å²) in [5.41, 5.74) is 2.92. The summed E-state index contributed by atoms with van der Waals surface area (Å²) in [7, 11) is 0. The van der Waals surface area contributed by atoms with E-state index in [4.69, 9.17) is 0 Å². The summed E-state index contributed by atoms with van der Waals surface area (Å²) in [4.78, 5) is 27.7. The summed E-state index contributed by atoms with van der Waals surface area (Å²) in [5.74, 6) is -0.363. The molecule has 3 aromatic rings. The predicted octanol–water partition coefficient (Wildman–Crippen LogP) is 4.71. The second kappa shape index (κ2) is 9.37. The number of nitrogens with zero attached hydrogens (tertiary/aromatic N) is 1. The average Bonchev–Trinajstić information content (AvgIpc) is 3.23. The molecule has 5 heteroatoms. The number of benzene rings is 3. The van der Waals surface area contributed by atoms with Gasteiger partial charge >= 0.3 is 0 Å². The van der Waals surface area contributed by atoms with E-state index in [2.05, 4.69) is 27.7 Å². The SMILES string of the molecule is O=C(CN1CCC[C@@H]1c1ccccc1)Nc1ccccc1C(=O)Nc1ccccc1. The lowest BCUT2D eigenvalue weighted by Crippen LogP contribution is -2.33. The minimum Gasteiger partial charge on any atom is -0.324 e. The fraction of sp³-hybridized carbons (Fsp3) is 0.200. The van der Waals surface area contributed by atoms with Gasteiger partial charge in [0.1, 0.15) is 0 Å². The molecule has 1 saturated heterocycles. The van der Waals surface area contributed by atoms with Gasteiger partial charge in [-0.1, -0.05) is 60.7 Å². The van der Waals surface area contributed by atoms with E-state index in [1.54, 1.807) is 18.2 Å². The van der Waals surface area contributed by atoms with Crippen LogP contribution >= 0.6 is 0 Å². The van der Waals surface area contributed by atoms with Crippen molar-refractivity contribution in [3.63, 3.8) is 0 Å². The van der Waals surface area contributed by atoms with Crippen molar-refractivity contribution in [3.05, 3.63) is 96.1 Å². The molecule has 0 unspecified atom stereocenters. The summed E-state index contributed by atoms with van der Waals surface area (Å²) in [6.45, 7) is 1.19. The minimum atomic E-state index is -0.250. The van der Waals surface area contributed by atoms with Crippen molar-refractivity contribution in [2.45, 2.75) is 18.9 Å². The highest BCUT2D eigenvalue weighted by atomic mass is 16.2. The Morgan fingerprint density at radius 1 is 0.833 bits per heavy atom. The first kappa shape index (κ1) is 19.9. The molecule has 0 saturated carbocycles. The second-order valence-corrected chi connectivity index (χ2v) is 7.45. The van der Waals surface area contributed by atoms with Gasteiger partial charge in [0, 0.05) is 11.7 Å². The van der Waals surface area contributed by atoms with Crippen LogP contribution in [0.1, 0.15) is 34.8 Å². The molecule has 5 nitrogen and oxygen atoms in total. The van der Waals surface area contributed by atoms with Crippen molar-refractivity contribution < 1.29 is 9.59 Å². The molecule has 0 spiro atoms. The number of carbonyl (C=O) groups is 2. The van der Waals surface area contributed by atoms with Gasteiger partial charge < -0.3 is 10.6 Å². The van der Waals surface area contributed by atoms with Gasteiger partial charge in [-0.15, -0.1) is 0 Å². The topological polar surface area (TPSA) is 61.4 Å². The van der Waals surface area contributed by atoms with Crippen molar-refractivity contribution in [2.24, 2.45) is 0 Å². The zero-order chi connectivity index (χ0) is 20.8. The molecular formula is C25H25N3O2. The standard InChI is InChI=1S/C25H25N3O2/c29-24(18-28-17-9-16-23(28)19-10-3-1-4-11-19)27-22-15-8-7-14-21(22)25(30)26-20-12-5-2-6-13-20/h1-8,10-15,23H,9,16-18H2,(H,26,30)(H,27,29)/t23-/m1/s1. The third-order valence-electron chi connectivity index (χ3n) is 5.37. The predicted molar refractivity (Wildman–Crippen MR) is 119 cm³/mol. The van der Waals surface area contributed by atoms with Gasteiger partial charge in [0.2, 0.25) is 5.91 Å². The maximum atomic E-state index is 12.8. The molecule has 0 radical (unpaired) electrons. The van der Waals surface area contributed by atoms with Gasteiger partial charge in [0.25, 0.3) is 5.91 Å². The summed E-state index contributed by atoms with van der Waals surface area (Å²) in [5, 5.41) is 5.81. The van der Waals surface area contributed by atoms with Crippen LogP contribution in [0.2, 0.25) is 0 Å². The Morgan fingerprint density at radius 2 is 1.50 bits per heavy atom. The van der Waals surface area contributed by atoms with Crippen LogP contribution in [-0.4, -0.2) is 29.8 Å². The van der Waals surface area contributed by atoms with E-state index in [0.29, 0.717) is 23.5 Å². The van der Waals surface area contributed by atoms with Gasteiger partial charge in [-0.25, -0.2) is 0 Å². The lowest BCUT2D eigenvalue weighted by atomic mass is 10.0. The van der Waals surface area contributed by atoms with Crippen LogP contribution in [0.4, 0.5) is 11.4 Å². The number of para-hydroxylation sites is 2. The summed E-state index contributed by atoms with van der Waals surface area (Å²) >= 11 is 0. The maximum Gasteiger partial charge on any atom is 0.257 e. The molecule has 2 amide bonds. The number of amides is 2. The van der Waals surface area contributed by atoms with Crippen LogP contribution in [0.3, 0.4) is 0 Å². The first-order valence-electron chi connectivity index (χ1n) is 10.2. The first-order valence-corrected chi connectivity index (χ1v) is 10.2. The lowest BCUT2D eigenvalue weighted by Gasteiger charge is -2.24. The molecule has 0 aromatic heterocycles. The molecule has 2 N–H and O–H groups in total. The highest BCUT2D eigenvalue weighted by Gasteiger charge is 2.27. The molecule has 152 valence electrons. The summed E-state index contributed by atoms with van der Waals surface area (Å²) in [6, 6.07) is 26.9. The van der Waals surface area contributed by atoms with Crippen molar-refractivity contribution in [1.29, 1.82) is 0 Å². The number of anilines is 2. The number of carbonyl (C=O) groups excluding carboxylic acids is 2. The van der Waals surface area contributed by atoms with E-state index < -0.39 is 0 Å². The zero-order valence-corrected chi connectivity index (χ0v) is 16.8. The largest absolute Gasteiger partial charge is 0.324 e.